The number of esters is 1. The van der Waals surface area contributed by atoms with Crippen LogP contribution >= 0.6 is 11.6 Å². The molecular formula is C28H30ClN5O5. The molecule has 0 radical (unpaired) electrons. The number of hydrogen-bond donors (Lipinski definition) is 0. The van der Waals surface area contributed by atoms with Gasteiger partial charge in [0.05, 0.1) is 6.61 Å². The van der Waals surface area contributed by atoms with Gasteiger partial charge in [-0.2, -0.15) is 5.11 Å². The number of carbonyl (C=O) groups excluding carboxylic acids is 2. The molecule has 0 fully saturated rings. The van der Waals surface area contributed by atoms with Gasteiger partial charge in [-0.15, -0.1) is 5.11 Å². The molecule has 0 saturated heterocycles. The molecule has 1 aromatic heterocycles. The van der Waals surface area contributed by atoms with Crippen LogP contribution in [0.4, 0.5) is 4.79 Å². The maximum Gasteiger partial charge on any atom is 0.511 e. The van der Waals surface area contributed by atoms with Gasteiger partial charge >= 0.3 is 12.1 Å². The summed E-state index contributed by atoms with van der Waals surface area (Å²) in [6.45, 7) is 5.98. The number of unbranched alkanes of at least 4 members (excludes halogenated alkanes) is 1. The van der Waals surface area contributed by atoms with E-state index in [0.717, 1.165) is 35.1 Å². The second-order valence-electron chi connectivity index (χ2n) is 8.74. The van der Waals surface area contributed by atoms with Crippen LogP contribution in [0.1, 0.15) is 61.1 Å². The van der Waals surface area contributed by atoms with Crippen LogP contribution in [0.2, 0.25) is 5.15 Å². The first-order chi connectivity index (χ1) is 18.9. The number of ether oxygens (including phenoxy) is 3. The van der Waals surface area contributed by atoms with Crippen LogP contribution in [0.25, 0.3) is 11.1 Å². The van der Waals surface area contributed by atoms with E-state index in [1.807, 2.05) is 48.5 Å². The lowest BCUT2D eigenvalue weighted by molar-refractivity contribution is -0.0815. The second-order valence-corrected chi connectivity index (χ2v) is 9.10. The Morgan fingerprint density at radius 2 is 1.79 bits per heavy atom. The standard InChI is InChI=1S/C28H30ClN5O5/c1-4-6-11-23-32-25(29)24(27(35)38-18(3)39-28(36)37-5-2)34(23)16-19-12-14-20(15-13-19)21-9-7-8-10-22(21)26-30-17-31-33-26/h7-10,12-15,18H,4-6,11,16-17H2,1-3H3. The van der Waals surface area contributed by atoms with Gasteiger partial charge in [-0.1, -0.05) is 73.5 Å². The van der Waals surface area contributed by atoms with E-state index in [0.29, 0.717) is 31.3 Å². The molecule has 2 heterocycles. The molecule has 1 atom stereocenters. The first-order valence-electron chi connectivity index (χ1n) is 12.8. The lowest BCUT2D eigenvalue weighted by atomic mass is 9.98. The largest absolute Gasteiger partial charge is 0.511 e. The number of amidine groups is 1. The third-order valence-corrected chi connectivity index (χ3v) is 6.24. The molecule has 0 saturated carbocycles. The minimum absolute atomic E-state index is 0.0338. The number of hydrogen-bond acceptors (Lipinski definition) is 9. The molecule has 0 amide bonds. The van der Waals surface area contributed by atoms with Crippen molar-refractivity contribution in [1.82, 2.24) is 9.55 Å². The topological polar surface area (TPSA) is 117 Å². The van der Waals surface area contributed by atoms with Crippen molar-refractivity contribution < 1.29 is 23.8 Å². The van der Waals surface area contributed by atoms with Gasteiger partial charge in [0, 0.05) is 25.5 Å². The van der Waals surface area contributed by atoms with Gasteiger partial charge in [0.2, 0.25) is 6.29 Å². The summed E-state index contributed by atoms with van der Waals surface area (Å²) in [5.74, 6) is 0.545. The number of benzene rings is 2. The van der Waals surface area contributed by atoms with Crippen molar-refractivity contribution in [2.24, 2.45) is 15.2 Å². The number of aryl methyl sites for hydroxylation is 1. The van der Waals surface area contributed by atoms with E-state index >= 15 is 0 Å². The summed E-state index contributed by atoms with van der Waals surface area (Å²) in [6.07, 6.45) is 0.374. The van der Waals surface area contributed by atoms with Gasteiger partial charge in [0.15, 0.2) is 23.4 Å². The van der Waals surface area contributed by atoms with E-state index < -0.39 is 18.4 Å². The fourth-order valence-corrected chi connectivity index (χ4v) is 4.42. The Bertz CT molecular complexity index is 1380. The van der Waals surface area contributed by atoms with Crippen LogP contribution in [0.15, 0.2) is 63.8 Å². The van der Waals surface area contributed by atoms with Crippen LogP contribution in [-0.2, 0) is 27.2 Å². The highest BCUT2D eigenvalue weighted by Gasteiger charge is 2.26. The molecule has 0 N–H and O–H groups in total. The molecule has 0 aliphatic carbocycles. The molecule has 11 heteroatoms. The van der Waals surface area contributed by atoms with E-state index in [1.165, 1.54) is 6.92 Å². The van der Waals surface area contributed by atoms with Crippen LogP contribution < -0.4 is 0 Å². The lowest BCUT2D eigenvalue weighted by Gasteiger charge is -2.16. The monoisotopic (exact) mass is 551 g/mol. The predicted octanol–water partition coefficient (Wildman–Crippen LogP) is 6.44. The van der Waals surface area contributed by atoms with E-state index in [9.17, 15) is 9.59 Å². The highest BCUT2D eigenvalue weighted by atomic mass is 35.5. The Hall–Kier alpha value is -4.05. The fourth-order valence-electron chi connectivity index (χ4n) is 4.15. The van der Waals surface area contributed by atoms with Gasteiger partial charge in [0.1, 0.15) is 5.82 Å². The van der Waals surface area contributed by atoms with Gasteiger partial charge in [-0.05, 0) is 30.0 Å². The number of azo groups is 1. The van der Waals surface area contributed by atoms with Crippen LogP contribution in [0, 0.1) is 0 Å². The van der Waals surface area contributed by atoms with Crippen molar-refractivity contribution in [2.75, 3.05) is 13.3 Å². The molecular weight excluding hydrogens is 522 g/mol. The summed E-state index contributed by atoms with van der Waals surface area (Å²) >= 11 is 6.42. The van der Waals surface area contributed by atoms with Crippen molar-refractivity contribution in [3.8, 4) is 11.1 Å². The molecule has 3 aromatic rings. The smallest absolute Gasteiger partial charge is 0.435 e. The van der Waals surface area contributed by atoms with Crippen LogP contribution in [-0.4, -0.2) is 47.1 Å². The summed E-state index contributed by atoms with van der Waals surface area (Å²) in [6, 6.07) is 15.9. The van der Waals surface area contributed by atoms with Crippen molar-refractivity contribution >= 4 is 29.6 Å². The summed E-state index contributed by atoms with van der Waals surface area (Å²) < 4.78 is 16.8. The normalized spacial score (nSPS) is 13.2. The predicted molar refractivity (Wildman–Crippen MR) is 146 cm³/mol. The average molecular weight is 552 g/mol. The zero-order chi connectivity index (χ0) is 27.8. The minimum Gasteiger partial charge on any atom is -0.435 e. The number of rotatable bonds is 11. The summed E-state index contributed by atoms with van der Waals surface area (Å²) in [5.41, 5.74) is 3.95. The number of carbonyl (C=O) groups is 2. The molecule has 39 heavy (non-hydrogen) atoms. The van der Waals surface area contributed by atoms with Gasteiger partial charge in [-0.25, -0.2) is 19.6 Å². The quantitative estimate of drug-likeness (QED) is 0.200. The molecule has 1 aliphatic heterocycles. The van der Waals surface area contributed by atoms with E-state index in [4.69, 9.17) is 25.8 Å². The highest BCUT2D eigenvalue weighted by molar-refractivity contribution is 6.32. The average Bonchev–Trinajstić information content (AvgIpc) is 3.56. The molecule has 1 unspecified atom stereocenters. The molecule has 0 bridgehead atoms. The van der Waals surface area contributed by atoms with Gasteiger partial charge < -0.3 is 18.8 Å². The summed E-state index contributed by atoms with van der Waals surface area (Å²) in [5, 5.41) is 8.15. The Balaban J connectivity index is 1.58. The minimum atomic E-state index is -1.17. The Morgan fingerprint density at radius 3 is 2.46 bits per heavy atom. The van der Waals surface area contributed by atoms with Crippen molar-refractivity contribution in [3.63, 3.8) is 0 Å². The van der Waals surface area contributed by atoms with Crippen LogP contribution in [0.5, 0.6) is 0 Å². The molecule has 204 valence electrons. The third kappa shape index (κ3) is 6.88. The first-order valence-corrected chi connectivity index (χ1v) is 13.2. The van der Waals surface area contributed by atoms with Gasteiger partial charge in [0.25, 0.3) is 0 Å². The van der Waals surface area contributed by atoms with Crippen molar-refractivity contribution in [3.05, 3.63) is 76.3 Å². The van der Waals surface area contributed by atoms with Crippen molar-refractivity contribution in [2.45, 2.75) is 52.9 Å². The Morgan fingerprint density at radius 1 is 1.05 bits per heavy atom. The number of halogens is 1. The third-order valence-electron chi connectivity index (χ3n) is 5.97. The highest BCUT2D eigenvalue weighted by Crippen LogP contribution is 2.27. The molecule has 0 spiro atoms. The zero-order valence-electron chi connectivity index (χ0n) is 22.1. The van der Waals surface area contributed by atoms with Crippen molar-refractivity contribution in [1.29, 1.82) is 0 Å². The number of nitrogens with zero attached hydrogens (tertiary/aromatic N) is 5. The first kappa shape index (κ1) is 28.0. The Kier molecular flexibility index (Phi) is 9.43. The van der Waals surface area contributed by atoms with E-state index in [2.05, 4.69) is 27.1 Å². The summed E-state index contributed by atoms with van der Waals surface area (Å²) in [4.78, 5) is 33.5. The SMILES string of the molecule is CCCCc1nc(Cl)c(C(=O)OC(C)OC(=O)OCC)n1Cc1ccc(-c2ccccc2C2=NCN=N2)cc1. The van der Waals surface area contributed by atoms with Crippen LogP contribution in [0.3, 0.4) is 0 Å². The summed E-state index contributed by atoms with van der Waals surface area (Å²) in [7, 11) is 0. The maximum absolute atomic E-state index is 13.1. The second kappa shape index (κ2) is 13.1. The zero-order valence-corrected chi connectivity index (χ0v) is 22.8. The van der Waals surface area contributed by atoms with E-state index in [1.54, 1.807) is 11.5 Å². The maximum atomic E-state index is 13.1. The number of aliphatic imine (C=N–C) groups is 1. The molecule has 1 aliphatic rings. The van der Waals surface area contributed by atoms with Gasteiger partial charge in [-0.3, -0.25) is 0 Å². The Labute approximate surface area is 231 Å². The lowest BCUT2D eigenvalue weighted by Crippen LogP contribution is -2.24. The number of aromatic nitrogens is 2. The van der Waals surface area contributed by atoms with E-state index in [-0.39, 0.29) is 17.5 Å². The fraction of sp³-hybridized carbons (Fsp3) is 0.357. The molecule has 10 nitrogen and oxygen atoms in total. The molecule has 2 aromatic carbocycles. The molecule has 4 rings (SSSR count). The number of imidazole rings is 1.